The van der Waals surface area contributed by atoms with Crippen molar-refractivity contribution in [2.75, 3.05) is 26.2 Å². The Morgan fingerprint density at radius 1 is 1.03 bits per heavy atom. The molecule has 1 spiro atoms. The average molecular weight is 433 g/mol. The van der Waals surface area contributed by atoms with Crippen LogP contribution in [0.25, 0.3) is 0 Å². The second-order valence-corrected chi connectivity index (χ2v) is 9.33. The molecule has 1 aromatic carbocycles. The van der Waals surface area contributed by atoms with E-state index in [-0.39, 0.29) is 23.8 Å². The zero-order valence-corrected chi connectivity index (χ0v) is 18.5. The summed E-state index contributed by atoms with van der Waals surface area (Å²) in [6.07, 6.45) is 5.20. The monoisotopic (exact) mass is 432 g/mol. The van der Waals surface area contributed by atoms with E-state index >= 15 is 0 Å². The molecule has 5 rings (SSSR count). The number of rotatable bonds is 3. The molecule has 1 aromatic heterocycles. The van der Waals surface area contributed by atoms with Gasteiger partial charge in [-0.3, -0.25) is 19.4 Å². The molecule has 4 heterocycles. The predicted octanol–water partition coefficient (Wildman–Crippen LogP) is 2.55. The topological polar surface area (TPSA) is 73.8 Å². The molecule has 1 unspecified atom stereocenters. The van der Waals surface area contributed by atoms with Gasteiger partial charge in [0.2, 0.25) is 5.91 Å². The molecule has 3 aliphatic heterocycles. The molecule has 0 saturated carbocycles. The summed E-state index contributed by atoms with van der Waals surface area (Å²) in [6, 6.07) is 10.9. The summed E-state index contributed by atoms with van der Waals surface area (Å²) in [4.78, 5) is 50.1. The lowest BCUT2D eigenvalue weighted by Gasteiger charge is -2.62. The van der Waals surface area contributed by atoms with E-state index in [0.717, 1.165) is 31.5 Å². The molecule has 7 heteroatoms. The lowest BCUT2D eigenvalue weighted by molar-refractivity contribution is -0.141. The Labute approximate surface area is 188 Å². The number of fused-ring (bicyclic) bond motifs is 1. The number of aromatic nitrogens is 1. The lowest BCUT2D eigenvalue weighted by Crippen LogP contribution is -2.78. The second kappa shape index (κ2) is 7.73. The van der Waals surface area contributed by atoms with Crippen molar-refractivity contribution in [2.45, 2.75) is 44.2 Å². The molecular formula is C25H28N4O3. The molecule has 2 aromatic rings. The quantitative estimate of drug-likeness (QED) is 0.747. The van der Waals surface area contributed by atoms with Crippen molar-refractivity contribution in [1.82, 2.24) is 19.7 Å². The van der Waals surface area contributed by atoms with Gasteiger partial charge in [0.15, 0.2) is 0 Å². The van der Waals surface area contributed by atoms with E-state index in [4.69, 9.17) is 0 Å². The SMILES string of the molecule is CC(C)N1C(=O)c2ccccc2C(C(=O)N2CCCC2)C12CN(C(=O)c1cccnc1)C2. The highest BCUT2D eigenvalue weighted by molar-refractivity contribution is 6.03. The molecule has 7 nitrogen and oxygen atoms in total. The normalized spacial score (nSPS) is 21.7. The van der Waals surface area contributed by atoms with Gasteiger partial charge in [-0.2, -0.15) is 0 Å². The molecule has 2 fully saturated rings. The van der Waals surface area contributed by atoms with Crippen molar-refractivity contribution in [3.63, 3.8) is 0 Å². The van der Waals surface area contributed by atoms with Crippen molar-refractivity contribution in [3.8, 4) is 0 Å². The minimum Gasteiger partial charge on any atom is -0.342 e. The number of pyridine rings is 1. The van der Waals surface area contributed by atoms with Gasteiger partial charge in [-0.05, 0) is 50.5 Å². The number of likely N-dealkylation sites (tertiary alicyclic amines) is 2. The van der Waals surface area contributed by atoms with Crippen LogP contribution in [0.4, 0.5) is 0 Å². The number of hydrogen-bond acceptors (Lipinski definition) is 4. The molecule has 3 aliphatic rings. The van der Waals surface area contributed by atoms with Crippen LogP contribution >= 0.6 is 0 Å². The van der Waals surface area contributed by atoms with Crippen LogP contribution < -0.4 is 0 Å². The maximum Gasteiger partial charge on any atom is 0.255 e. The Kier molecular flexibility index (Phi) is 4.99. The lowest BCUT2D eigenvalue weighted by atomic mass is 9.67. The molecule has 0 radical (unpaired) electrons. The Morgan fingerprint density at radius 2 is 1.75 bits per heavy atom. The fraction of sp³-hybridized carbons (Fsp3) is 0.440. The molecule has 0 N–H and O–H groups in total. The predicted molar refractivity (Wildman–Crippen MR) is 119 cm³/mol. The highest BCUT2D eigenvalue weighted by Crippen LogP contribution is 2.48. The van der Waals surface area contributed by atoms with E-state index in [1.807, 2.05) is 47.9 Å². The van der Waals surface area contributed by atoms with E-state index in [9.17, 15) is 14.4 Å². The van der Waals surface area contributed by atoms with Crippen LogP contribution in [0.15, 0.2) is 48.8 Å². The third-order valence-corrected chi connectivity index (χ3v) is 7.04. The van der Waals surface area contributed by atoms with Crippen LogP contribution in [0.2, 0.25) is 0 Å². The van der Waals surface area contributed by atoms with Gasteiger partial charge in [-0.15, -0.1) is 0 Å². The zero-order chi connectivity index (χ0) is 22.5. The van der Waals surface area contributed by atoms with Crippen molar-refractivity contribution in [2.24, 2.45) is 0 Å². The van der Waals surface area contributed by atoms with Gasteiger partial charge in [-0.1, -0.05) is 18.2 Å². The third kappa shape index (κ3) is 3.02. The minimum atomic E-state index is -0.739. The van der Waals surface area contributed by atoms with E-state index in [0.29, 0.717) is 24.2 Å². The van der Waals surface area contributed by atoms with E-state index in [2.05, 4.69) is 4.98 Å². The minimum absolute atomic E-state index is 0.0606. The van der Waals surface area contributed by atoms with Gasteiger partial charge in [0.1, 0.15) is 0 Å². The van der Waals surface area contributed by atoms with Gasteiger partial charge in [0.05, 0.1) is 17.0 Å². The van der Waals surface area contributed by atoms with E-state index < -0.39 is 11.5 Å². The van der Waals surface area contributed by atoms with Crippen LogP contribution in [-0.4, -0.2) is 75.2 Å². The van der Waals surface area contributed by atoms with Crippen LogP contribution in [0.5, 0.6) is 0 Å². The van der Waals surface area contributed by atoms with Crippen molar-refractivity contribution < 1.29 is 14.4 Å². The molecule has 1 atom stereocenters. The third-order valence-electron chi connectivity index (χ3n) is 7.04. The van der Waals surface area contributed by atoms with Crippen LogP contribution in [0.3, 0.4) is 0 Å². The highest BCUT2D eigenvalue weighted by Gasteiger charge is 2.62. The summed E-state index contributed by atoms with van der Waals surface area (Å²) in [6.45, 7) is 6.14. The van der Waals surface area contributed by atoms with Crippen LogP contribution in [-0.2, 0) is 4.79 Å². The van der Waals surface area contributed by atoms with Crippen LogP contribution in [0, 0.1) is 0 Å². The van der Waals surface area contributed by atoms with E-state index in [1.165, 1.54) is 0 Å². The first-order valence-corrected chi connectivity index (χ1v) is 11.3. The van der Waals surface area contributed by atoms with Gasteiger partial charge in [0.25, 0.3) is 11.8 Å². The molecule has 0 aliphatic carbocycles. The fourth-order valence-electron chi connectivity index (χ4n) is 5.70. The summed E-state index contributed by atoms with van der Waals surface area (Å²) in [5.41, 5.74) is 1.17. The summed E-state index contributed by atoms with van der Waals surface area (Å²) >= 11 is 0. The largest absolute Gasteiger partial charge is 0.342 e. The Morgan fingerprint density at radius 3 is 2.41 bits per heavy atom. The number of carbonyl (C=O) groups is 3. The average Bonchev–Trinajstić information content (AvgIpc) is 3.32. The Hall–Kier alpha value is -3.22. The number of carbonyl (C=O) groups excluding carboxylic acids is 3. The highest BCUT2D eigenvalue weighted by atomic mass is 16.2. The molecule has 2 saturated heterocycles. The zero-order valence-electron chi connectivity index (χ0n) is 18.5. The van der Waals surface area contributed by atoms with Crippen molar-refractivity contribution >= 4 is 17.7 Å². The number of hydrogen-bond donors (Lipinski definition) is 0. The molecule has 3 amide bonds. The second-order valence-electron chi connectivity index (χ2n) is 9.33. The first kappa shape index (κ1) is 20.7. The number of amides is 3. The van der Waals surface area contributed by atoms with Crippen LogP contribution in [0.1, 0.15) is 58.9 Å². The van der Waals surface area contributed by atoms with Gasteiger partial charge in [-0.25, -0.2) is 0 Å². The van der Waals surface area contributed by atoms with Gasteiger partial charge < -0.3 is 14.7 Å². The molecule has 166 valence electrons. The maximum absolute atomic E-state index is 13.9. The van der Waals surface area contributed by atoms with Crippen molar-refractivity contribution in [3.05, 3.63) is 65.5 Å². The van der Waals surface area contributed by atoms with Gasteiger partial charge in [0, 0.05) is 50.2 Å². The molecular weight excluding hydrogens is 404 g/mol. The first-order valence-electron chi connectivity index (χ1n) is 11.3. The summed E-state index contributed by atoms with van der Waals surface area (Å²) < 4.78 is 0. The van der Waals surface area contributed by atoms with Gasteiger partial charge >= 0.3 is 0 Å². The Balaban J connectivity index is 1.57. The first-order chi connectivity index (χ1) is 15.4. The standard InChI is InChI=1S/C25H28N4O3/c1-17(2)29-23(31)20-10-4-3-9-19(20)21(24(32)27-12-5-6-13-27)25(29)15-28(16-25)22(30)18-8-7-11-26-14-18/h3-4,7-11,14,17,21H,5-6,12-13,15-16H2,1-2H3. The molecule has 32 heavy (non-hydrogen) atoms. The Bertz CT molecular complexity index is 1060. The smallest absolute Gasteiger partial charge is 0.255 e. The summed E-state index contributed by atoms with van der Waals surface area (Å²) in [5, 5.41) is 0. The fourth-order valence-corrected chi connectivity index (χ4v) is 5.70. The number of benzene rings is 1. The summed E-state index contributed by atoms with van der Waals surface area (Å²) in [5.74, 6) is -0.586. The maximum atomic E-state index is 13.9. The van der Waals surface area contributed by atoms with E-state index in [1.54, 1.807) is 29.4 Å². The number of nitrogens with zero attached hydrogens (tertiary/aromatic N) is 4. The van der Waals surface area contributed by atoms with Crippen molar-refractivity contribution in [1.29, 1.82) is 0 Å². The molecule has 0 bridgehead atoms. The summed E-state index contributed by atoms with van der Waals surface area (Å²) in [7, 11) is 0.